The van der Waals surface area contributed by atoms with Crippen molar-refractivity contribution in [3.63, 3.8) is 0 Å². The van der Waals surface area contributed by atoms with Crippen LogP contribution in [-0.2, 0) is 4.79 Å². The first-order valence-electron chi connectivity index (χ1n) is 7.39. The van der Waals surface area contributed by atoms with Gasteiger partial charge in [0, 0.05) is 17.5 Å². The standard InChI is InChI=1S/C16H16N4O4/c1-10(2)20-17-8-14(19-20)18-15(21)9-23-12-5-3-11-4-6-16(22)24-13(11)7-12/h3-8,10H,9H2,1-2H3,(H,18,19,21). The van der Waals surface area contributed by atoms with Crippen LogP contribution in [0.25, 0.3) is 11.0 Å². The van der Waals surface area contributed by atoms with Gasteiger partial charge in [0.1, 0.15) is 11.3 Å². The summed E-state index contributed by atoms with van der Waals surface area (Å²) in [5, 5.41) is 11.5. The molecule has 0 aliphatic rings. The highest BCUT2D eigenvalue weighted by Crippen LogP contribution is 2.19. The highest BCUT2D eigenvalue weighted by atomic mass is 16.5. The Morgan fingerprint density at radius 1 is 1.33 bits per heavy atom. The van der Waals surface area contributed by atoms with Crippen molar-refractivity contribution in [2.24, 2.45) is 0 Å². The van der Waals surface area contributed by atoms with E-state index in [0.29, 0.717) is 17.2 Å². The average Bonchev–Trinajstić information content (AvgIpc) is 3.01. The number of carbonyl (C=O) groups is 1. The van der Waals surface area contributed by atoms with Gasteiger partial charge in [-0.1, -0.05) is 0 Å². The van der Waals surface area contributed by atoms with Gasteiger partial charge in [0.25, 0.3) is 5.91 Å². The van der Waals surface area contributed by atoms with Crippen LogP contribution in [0.2, 0.25) is 0 Å². The quantitative estimate of drug-likeness (QED) is 0.719. The van der Waals surface area contributed by atoms with Crippen LogP contribution in [0.3, 0.4) is 0 Å². The summed E-state index contributed by atoms with van der Waals surface area (Å²) in [4.78, 5) is 24.6. The highest BCUT2D eigenvalue weighted by molar-refractivity contribution is 5.90. The first kappa shape index (κ1) is 15.7. The van der Waals surface area contributed by atoms with Gasteiger partial charge in [-0.05, 0) is 32.0 Å². The maximum atomic E-state index is 11.9. The molecule has 2 aromatic heterocycles. The van der Waals surface area contributed by atoms with Crippen LogP contribution in [0, 0.1) is 0 Å². The monoisotopic (exact) mass is 328 g/mol. The number of amides is 1. The summed E-state index contributed by atoms with van der Waals surface area (Å²) in [6, 6.07) is 8.14. The molecule has 0 atom stereocenters. The number of carbonyl (C=O) groups excluding carboxylic acids is 1. The van der Waals surface area contributed by atoms with Gasteiger partial charge in [0.2, 0.25) is 0 Å². The van der Waals surface area contributed by atoms with Gasteiger partial charge >= 0.3 is 5.63 Å². The Labute approximate surface area is 137 Å². The molecule has 0 saturated carbocycles. The third kappa shape index (κ3) is 3.60. The molecule has 124 valence electrons. The molecule has 1 aromatic carbocycles. The lowest BCUT2D eigenvalue weighted by atomic mass is 10.2. The third-order valence-corrected chi connectivity index (χ3v) is 3.20. The Morgan fingerprint density at radius 2 is 2.12 bits per heavy atom. The normalized spacial score (nSPS) is 11.0. The number of hydrogen-bond donors (Lipinski definition) is 1. The Bertz CT molecular complexity index is 929. The Hall–Kier alpha value is -3.16. The first-order valence-corrected chi connectivity index (χ1v) is 7.39. The van der Waals surface area contributed by atoms with Gasteiger partial charge in [-0.25, -0.2) is 4.79 Å². The summed E-state index contributed by atoms with van der Waals surface area (Å²) >= 11 is 0. The number of nitrogens with one attached hydrogen (secondary N) is 1. The number of aromatic nitrogens is 3. The van der Waals surface area contributed by atoms with E-state index in [1.54, 1.807) is 24.3 Å². The second-order valence-corrected chi connectivity index (χ2v) is 5.43. The lowest BCUT2D eigenvalue weighted by Gasteiger charge is -2.06. The molecular formula is C16H16N4O4. The second kappa shape index (κ2) is 6.53. The smallest absolute Gasteiger partial charge is 0.336 e. The molecule has 1 amide bonds. The van der Waals surface area contributed by atoms with Crippen LogP contribution in [-0.4, -0.2) is 27.5 Å². The molecule has 1 N–H and O–H groups in total. The number of benzene rings is 1. The minimum atomic E-state index is -0.439. The van der Waals surface area contributed by atoms with Crippen molar-refractivity contribution < 1.29 is 13.9 Å². The zero-order valence-electron chi connectivity index (χ0n) is 13.2. The van der Waals surface area contributed by atoms with Gasteiger partial charge < -0.3 is 14.5 Å². The predicted molar refractivity (Wildman–Crippen MR) is 87.0 cm³/mol. The average molecular weight is 328 g/mol. The Balaban J connectivity index is 1.62. The highest BCUT2D eigenvalue weighted by Gasteiger charge is 2.09. The molecule has 24 heavy (non-hydrogen) atoms. The van der Waals surface area contributed by atoms with Crippen molar-refractivity contribution in [1.82, 2.24) is 15.0 Å². The number of anilines is 1. The Morgan fingerprint density at radius 3 is 2.88 bits per heavy atom. The van der Waals surface area contributed by atoms with Gasteiger partial charge in [-0.15, -0.1) is 5.10 Å². The molecule has 0 fully saturated rings. The molecule has 0 aliphatic heterocycles. The minimum Gasteiger partial charge on any atom is -0.484 e. The van der Waals surface area contributed by atoms with Crippen molar-refractivity contribution in [3.8, 4) is 5.75 Å². The van der Waals surface area contributed by atoms with Crippen molar-refractivity contribution in [2.45, 2.75) is 19.9 Å². The molecule has 3 rings (SSSR count). The molecular weight excluding hydrogens is 312 g/mol. The fourth-order valence-electron chi connectivity index (χ4n) is 2.04. The fourth-order valence-corrected chi connectivity index (χ4v) is 2.04. The summed E-state index contributed by atoms with van der Waals surface area (Å²) in [6.45, 7) is 3.68. The van der Waals surface area contributed by atoms with Crippen LogP contribution in [0.4, 0.5) is 5.82 Å². The molecule has 0 unspecified atom stereocenters. The van der Waals surface area contributed by atoms with Gasteiger partial charge in [0.05, 0.1) is 12.2 Å². The molecule has 0 radical (unpaired) electrons. The topological polar surface area (TPSA) is 99.2 Å². The van der Waals surface area contributed by atoms with E-state index in [0.717, 1.165) is 5.39 Å². The molecule has 0 aliphatic carbocycles. The molecule has 8 nitrogen and oxygen atoms in total. The van der Waals surface area contributed by atoms with Gasteiger partial charge in [-0.2, -0.15) is 9.90 Å². The number of ether oxygens (including phenoxy) is 1. The minimum absolute atomic E-state index is 0.110. The number of nitrogens with zero attached hydrogens (tertiary/aromatic N) is 3. The predicted octanol–water partition coefficient (Wildman–Crippen LogP) is 1.98. The van der Waals surface area contributed by atoms with E-state index in [-0.39, 0.29) is 18.6 Å². The molecule has 8 heteroatoms. The summed E-state index contributed by atoms with van der Waals surface area (Å²) < 4.78 is 10.5. The lowest BCUT2D eigenvalue weighted by Crippen LogP contribution is -2.20. The molecule has 0 bridgehead atoms. The van der Waals surface area contributed by atoms with Crippen LogP contribution in [0.5, 0.6) is 5.75 Å². The Kier molecular flexibility index (Phi) is 4.28. The van der Waals surface area contributed by atoms with Crippen LogP contribution in [0.1, 0.15) is 19.9 Å². The summed E-state index contributed by atoms with van der Waals surface area (Å²) in [5.74, 6) is 0.431. The summed E-state index contributed by atoms with van der Waals surface area (Å²) in [5.41, 5.74) is -0.0362. The van der Waals surface area contributed by atoms with Crippen LogP contribution < -0.4 is 15.7 Å². The molecule has 3 aromatic rings. The second-order valence-electron chi connectivity index (χ2n) is 5.43. The van der Waals surface area contributed by atoms with E-state index in [2.05, 4.69) is 15.5 Å². The largest absolute Gasteiger partial charge is 0.484 e. The van der Waals surface area contributed by atoms with Crippen molar-refractivity contribution >= 4 is 22.7 Å². The number of rotatable bonds is 5. The first-order chi connectivity index (χ1) is 11.5. The number of fused-ring (bicyclic) bond motifs is 1. The van der Waals surface area contributed by atoms with E-state index in [4.69, 9.17) is 9.15 Å². The number of hydrogen-bond acceptors (Lipinski definition) is 6. The van der Waals surface area contributed by atoms with E-state index in [9.17, 15) is 9.59 Å². The van der Waals surface area contributed by atoms with Crippen molar-refractivity contribution in [3.05, 3.63) is 46.9 Å². The summed E-state index contributed by atoms with van der Waals surface area (Å²) in [7, 11) is 0. The van der Waals surface area contributed by atoms with Crippen molar-refractivity contribution in [2.75, 3.05) is 11.9 Å². The van der Waals surface area contributed by atoms with Crippen LogP contribution in [0.15, 0.2) is 45.7 Å². The van der Waals surface area contributed by atoms with E-state index in [1.807, 2.05) is 13.8 Å². The van der Waals surface area contributed by atoms with E-state index < -0.39 is 5.63 Å². The van der Waals surface area contributed by atoms with E-state index in [1.165, 1.54) is 17.1 Å². The lowest BCUT2D eigenvalue weighted by molar-refractivity contribution is -0.118. The van der Waals surface area contributed by atoms with Crippen LogP contribution >= 0.6 is 0 Å². The molecule has 2 heterocycles. The third-order valence-electron chi connectivity index (χ3n) is 3.20. The maximum absolute atomic E-state index is 11.9. The summed E-state index contributed by atoms with van der Waals surface area (Å²) in [6.07, 6.45) is 1.47. The van der Waals surface area contributed by atoms with E-state index >= 15 is 0 Å². The molecule has 0 saturated heterocycles. The maximum Gasteiger partial charge on any atom is 0.336 e. The van der Waals surface area contributed by atoms with Gasteiger partial charge in [-0.3, -0.25) is 4.79 Å². The fraction of sp³-hybridized carbons (Fsp3) is 0.250. The zero-order valence-corrected chi connectivity index (χ0v) is 13.2. The zero-order chi connectivity index (χ0) is 17.1. The van der Waals surface area contributed by atoms with Crippen molar-refractivity contribution in [1.29, 1.82) is 0 Å². The molecule has 0 spiro atoms. The van der Waals surface area contributed by atoms with Gasteiger partial charge in [0.15, 0.2) is 12.4 Å². The SMILES string of the molecule is CC(C)n1ncc(NC(=O)COc2ccc3ccc(=O)oc3c2)n1.